The molecule has 18 heavy (non-hydrogen) atoms. The molecule has 0 radical (unpaired) electrons. The molecule has 3 aromatic rings. The molecule has 0 saturated carbocycles. The number of nitrogens with zero attached hydrogens (tertiary/aromatic N) is 3. The molecule has 0 atom stereocenters. The van der Waals surface area contributed by atoms with Gasteiger partial charge in [-0.2, -0.15) is 0 Å². The summed E-state index contributed by atoms with van der Waals surface area (Å²) in [5.74, 6) is 0.541. The van der Waals surface area contributed by atoms with E-state index in [4.69, 9.17) is 5.73 Å². The molecule has 0 amide bonds. The zero-order valence-corrected chi connectivity index (χ0v) is 10.2. The molecule has 4 nitrogen and oxygen atoms in total. The van der Waals surface area contributed by atoms with Crippen molar-refractivity contribution in [1.82, 2.24) is 14.5 Å². The highest BCUT2D eigenvalue weighted by molar-refractivity contribution is 5.79. The molecule has 2 aromatic heterocycles. The Balaban J connectivity index is 2.09. The van der Waals surface area contributed by atoms with Crippen molar-refractivity contribution in [3.05, 3.63) is 53.9 Å². The van der Waals surface area contributed by atoms with E-state index in [-0.39, 0.29) is 0 Å². The van der Waals surface area contributed by atoms with Gasteiger partial charge in [-0.3, -0.25) is 4.98 Å². The molecule has 0 saturated heterocycles. The smallest absolute Gasteiger partial charge is 0.201 e. The fraction of sp³-hybridized carbons (Fsp3) is 0.143. The molecule has 0 aliphatic carbocycles. The first kappa shape index (κ1) is 10.8. The van der Waals surface area contributed by atoms with Gasteiger partial charge in [0.25, 0.3) is 0 Å². The number of nitrogens with two attached hydrogens (primary N) is 1. The average molecular weight is 238 g/mol. The highest BCUT2D eigenvalue weighted by Gasteiger charge is 2.08. The summed E-state index contributed by atoms with van der Waals surface area (Å²) in [6, 6.07) is 10.1. The Labute approximate surface area is 105 Å². The van der Waals surface area contributed by atoms with Gasteiger partial charge in [0, 0.05) is 12.4 Å². The lowest BCUT2D eigenvalue weighted by Crippen LogP contribution is -2.04. The number of anilines is 1. The monoisotopic (exact) mass is 238 g/mol. The van der Waals surface area contributed by atoms with Gasteiger partial charge in [0.05, 0.1) is 17.6 Å². The van der Waals surface area contributed by atoms with Crippen molar-refractivity contribution in [3.63, 3.8) is 0 Å². The van der Waals surface area contributed by atoms with E-state index in [0.717, 1.165) is 16.6 Å². The third-order valence-corrected chi connectivity index (χ3v) is 3.00. The number of imidazole rings is 1. The third kappa shape index (κ3) is 1.82. The van der Waals surface area contributed by atoms with Crippen molar-refractivity contribution in [2.45, 2.75) is 13.5 Å². The van der Waals surface area contributed by atoms with E-state index in [0.29, 0.717) is 12.5 Å². The summed E-state index contributed by atoms with van der Waals surface area (Å²) < 4.78 is 2.01. The van der Waals surface area contributed by atoms with Crippen LogP contribution in [0.1, 0.15) is 11.1 Å². The van der Waals surface area contributed by atoms with Crippen LogP contribution in [-0.4, -0.2) is 14.5 Å². The molecular weight excluding hydrogens is 224 g/mol. The normalized spacial score (nSPS) is 10.9. The Hall–Kier alpha value is -2.36. The summed E-state index contributed by atoms with van der Waals surface area (Å²) in [6.07, 6.45) is 3.61. The fourth-order valence-corrected chi connectivity index (χ4v) is 2.10. The van der Waals surface area contributed by atoms with E-state index in [1.165, 1.54) is 5.56 Å². The highest BCUT2D eigenvalue weighted by Crippen LogP contribution is 2.20. The maximum absolute atomic E-state index is 5.98. The van der Waals surface area contributed by atoms with Crippen molar-refractivity contribution in [1.29, 1.82) is 0 Å². The van der Waals surface area contributed by atoms with Crippen LogP contribution in [0.2, 0.25) is 0 Å². The number of fused-ring (bicyclic) bond motifs is 1. The summed E-state index contributed by atoms with van der Waals surface area (Å²) >= 11 is 0. The zero-order chi connectivity index (χ0) is 12.5. The minimum atomic E-state index is 0.541. The molecule has 0 spiro atoms. The average Bonchev–Trinajstić information content (AvgIpc) is 2.66. The lowest BCUT2D eigenvalue weighted by Gasteiger charge is -2.06. The largest absolute Gasteiger partial charge is 0.369 e. The standard InChI is InChI=1S/C14H14N4/c1-10-4-5-13-12(7-10)17-14(15)18(13)9-11-3-2-6-16-8-11/h2-8H,9H2,1H3,(H2,15,17). The topological polar surface area (TPSA) is 56.7 Å². The van der Waals surface area contributed by atoms with Crippen molar-refractivity contribution >= 4 is 17.0 Å². The van der Waals surface area contributed by atoms with Crippen LogP contribution >= 0.6 is 0 Å². The van der Waals surface area contributed by atoms with Gasteiger partial charge in [0.2, 0.25) is 5.95 Å². The lowest BCUT2D eigenvalue weighted by atomic mass is 10.2. The number of hydrogen-bond donors (Lipinski definition) is 1. The first-order chi connectivity index (χ1) is 8.74. The molecule has 2 heterocycles. The van der Waals surface area contributed by atoms with E-state index in [1.54, 1.807) is 6.20 Å². The maximum Gasteiger partial charge on any atom is 0.201 e. The van der Waals surface area contributed by atoms with Crippen molar-refractivity contribution in [2.24, 2.45) is 0 Å². The van der Waals surface area contributed by atoms with Crippen LogP contribution < -0.4 is 5.73 Å². The van der Waals surface area contributed by atoms with Gasteiger partial charge < -0.3 is 10.3 Å². The Morgan fingerprint density at radius 1 is 1.28 bits per heavy atom. The molecule has 90 valence electrons. The first-order valence-corrected chi connectivity index (χ1v) is 5.85. The Morgan fingerprint density at radius 3 is 2.94 bits per heavy atom. The van der Waals surface area contributed by atoms with Crippen LogP contribution in [0.3, 0.4) is 0 Å². The third-order valence-electron chi connectivity index (χ3n) is 3.00. The number of pyridine rings is 1. The Morgan fingerprint density at radius 2 is 2.17 bits per heavy atom. The maximum atomic E-state index is 5.98. The van der Waals surface area contributed by atoms with Crippen molar-refractivity contribution < 1.29 is 0 Å². The number of nitrogen functional groups attached to an aromatic ring is 1. The molecule has 4 heteroatoms. The van der Waals surface area contributed by atoms with E-state index < -0.39 is 0 Å². The van der Waals surface area contributed by atoms with Crippen LogP contribution in [-0.2, 0) is 6.54 Å². The van der Waals surface area contributed by atoms with Crippen LogP contribution in [0.5, 0.6) is 0 Å². The van der Waals surface area contributed by atoms with E-state index in [1.807, 2.05) is 29.0 Å². The van der Waals surface area contributed by atoms with Gasteiger partial charge in [-0.25, -0.2) is 4.98 Å². The quantitative estimate of drug-likeness (QED) is 0.745. The molecule has 1 aromatic carbocycles. The van der Waals surface area contributed by atoms with Gasteiger partial charge in [-0.1, -0.05) is 12.1 Å². The molecule has 0 aliphatic rings. The molecule has 2 N–H and O–H groups in total. The predicted molar refractivity (Wildman–Crippen MR) is 72.2 cm³/mol. The summed E-state index contributed by atoms with van der Waals surface area (Å²) in [7, 11) is 0. The summed E-state index contributed by atoms with van der Waals surface area (Å²) in [6.45, 7) is 2.75. The molecule has 0 unspecified atom stereocenters. The van der Waals surface area contributed by atoms with Gasteiger partial charge in [-0.15, -0.1) is 0 Å². The minimum absolute atomic E-state index is 0.541. The minimum Gasteiger partial charge on any atom is -0.369 e. The number of aromatic nitrogens is 3. The van der Waals surface area contributed by atoms with Crippen molar-refractivity contribution in [3.8, 4) is 0 Å². The number of benzene rings is 1. The molecular formula is C14H14N4. The number of aryl methyl sites for hydroxylation is 1. The first-order valence-electron chi connectivity index (χ1n) is 5.85. The second kappa shape index (κ2) is 4.14. The lowest BCUT2D eigenvalue weighted by molar-refractivity contribution is 0.833. The molecule has 3 rings (SSSR count). The van der Waals surface area contributed by atoms with E-state index >= 15 is 0 Å². The molecule has 0 fully saturated rings. The summed E-state index contributed by atoms with van der Waals surface area (Å²) in [4.78, 5) is 8.50. The molecule has 0 bridgehead atoms. The van der Waals surface area contributed by atoms with Crippen LogP contribution in [0.4, 0.5) is 5.95 Å². The number of rotatable bonds is 2. The van der Waals surface area contributed by atoms with Crippen LogP contribution in [0.25, 0.3) is 11.0 Å². The fourth-order valence-electron chi connectivity index (χ4n) is 2.10. The Kier molecular flexibility index (Phi) is 2.48. The highest BCUT2D eigenvalue weighted by atomic mass is 15.1. The van der Waals surface area contributed by atoms with E-state index in [9.17, 15) is 0 Å². The van der Waals surface area contributed by atoms with E-state index in [2.05, 4.69) is 29.0 Å². The van der Waals surface area contributed by atoms with Gasteiger partial charge in [0.15, 0.2) is 0 Å². The van der Waals surface area contributed by atoms with Gasteiger partial charge >= 0.3 is 0 Å². The van der Waals surface area contributed by atoms with Crippen LogP contribution in [0, 0.1) is 6.92 Å². The number of hydrogen-bond acceptors (Lipinski definition) is 3. The second-order valence-electron chi connectivity index (χ2n) is 4.41. The van der Waals surface area contributed by atoms with Gasteiger partial charge in [-0.05, 0) is 36.2 Å². The summed E-state index contributed by atoms with van der Waals surface area (Å²) in [5.41, 5.74) is 10.3. The van der Waals surface area contributed by atoms with Gasteiger partial charge in [0.1, 0.15) is 0 Å². The predicted octanol–water partition coefficient (Wildman–Crippen LogP) is 2.37. The van der Waals surface area contributed by atoms with Crippen molar-refractivity contribution in [2.75, 3.05) is 5.73 Å². The zero-order valence-electron chi connectivity index (χ0n) is 10.2. The summed E-state index contributed by atoms with van der Waals surface area (Å²) in [5, 5.41) is 0. The van der Waals surface area contributed by atoms with Crippen LogP contribution in [0.15, 0.2) is 42.7 Å². The SMILES string of the molecule is Cc1ccc2c(c1)nc(N)n2Cc1cccnc1. The molecule has 0 aliphatic heterocycles. The second-order valence-corrected chi connectivity index (χ2v) is 4.41. The Bertz CT molecular complexity index is 686.